The Bertz CT molecular complexity index is 1400. The first kappa shape index (κ1) is 22.7. The zero-order valence-corrected chi connectivity index (χ0v) is 19.4. The number of rotatable bonds is 6. The number of carbonyl (C=O) groups excluding carboxylic acids is 2. The van der Waals surface area contributed by atoms with Crippen LogP contribution in [0.15, 0.2) is 65.7 Å². The number of aryl methyl sites for hydroxylation is 1. The highest BCUT2D eigenvalue weighted by atomic mass is 35.5. The fourth-order valence-electron chi connectivity index (χ4n) is 3.34. The fourth-order valence-corrected chi connectivity index (χ4v) is 4.56. The molecule has 0 aliphatic rings. The average molecular weight is 482 g/mol. The molecule has 168 valence electrons. The molecule has 1 atom stereocenters. The number of hydrogen-bond acceptors (Lipinski definition) is 6. The number of para-hydroxylation sites is 1. The van der Waals surface area contributed by atoms with E-state index in [1.165, 1.54) is 10.9 Å². The Balaban J connectivity index is 1.57. The molecular formula is C24H20ClN3O4S. The van der Waals surface area contributed by atoms with Gasteiger partial charge in [0.1, 0.15) is 17.5 Å². The predicted molar refractivity (Wildman–Crippen MR) is 129 cm³/mol. The zero-order valence-electron chi connectivity index (χ0n) is 17.9. The largest absolute Gasteiger partial charge is 0.459 e. The van der Waals surface area contributed by atoms with Crippen LogP contribution < -0.4 is 10.9 Å². The van der Waals surface area contributed by atoms with Crippen LogP contribution in [0.1, 0.15) is 33.8 Å². The molecule has 33 heavy (non-hydrogen) atoms. The monoisotopic (exact) mass is 481 g/mol. The number of nitrogens with zero attached hydrogens (tertiary/aromatic N) is 2. The van der Waals surface area contributed by atoms with Crippen LogP contribution in [0.4, 0.5) is 5.69 Å². The lowest BCUT2D eigenvalue weighted by Crippen LogP contribution is -2.29. The number of anilines is 1. The van der Waals surface area contributed by atoms with Gasteiger partial charge in [-0.3, -0.25) is 14.2 Å². The Morgan fingerprint density at radius 2 is 1.85 bits per heavy atom. The summed E-state index contributed by atoms with van der Waals surface area (Å²) in [4.78, 5) is 43.7. The Kier molecular flexibility index (Phi) is 6.57. The van der Waals surface area contributed by atoms with Crippen LogP contribution in [0.2, 0.25) is 5.02 Å². The zero-order chi connectivity index (χ0) is 23.5. The second-order valence-corrected chi connectivity index (χ2v) is 8.79. The molecule has 1 N–H and O–H groups in total. The maximum atomic E-state index is 13.2. The number of benzene rings is 2. The van der Waals surface area contributed by atoms with Crippen molar-refractivity contribution in [2.45, 2.75) is 26.5 Å². The van der Waals surface area contributed by atoms with E-state index < -0.39 is 17.6 Å². The lowest BCUT2D eigenvalue weighted by atomic mass is 10.2. The molecule has 2 aromatic heterocycles. The summed E-state index contributed by atoms with van der Waals surface area (Å²) in [6.07, 6.45) is 1.31. The Morgan fingerprint density at radius 1 is 1.15 bits per heavy atom. The van der Waals surface area contributed by atoms with Gasteiger partial charge in [0, 0.05) is 16.3 Å². The Labute approximate surface area is 198 Å². The van der Waals surface area contributed by atoms with Gasteiger partial charge < -0.3 is 10.1 Å². The van der Waals surface area contributed by atoms with E-state index in [-0.39, 0.29) is 12.5 Å². The van der Waals surface area contributed by atoms with E-state index >= 15 is 0 Å². The summed E-state index contributed by atoms with van der Waals surface area (Å²) in [5.74, 6) is -0.909. The van der Waals surface area contributed by atoms with E-state index in [1.54, 1.807) is 50.2 Å². The molecule has 1 amide bonds. The van der Waals surface area contributed by atoms with Gasteiger partial charge in [-0.15, -0.1) is 11.3 Å². The third-order valence-electron chi connectivity index (χ3n) is 5.20. The molecule has 0 fully saturated rings. The van der Waals surface area contributed by atoms with Crippen LogP contribution in [0.3, 0.4) is 0 Å². The van der Waals surface area contributed by atoms with Crippen molar-refractivity contribution in [1.82, 2.24) is 9.55 Å². The van der Waals surface area contributed by atoms with Crippen LogP contribution in [0.25, 0.3) is 10.2 Å². The number of thiophene rings is 1. The van der Waals surface area contributed by atoms with Crippen LogP contribution in [-0.2, 0) is 16.1 Å². The second kappa shape index (κ2) is 9.56. The standard InChI is InChI=1S/C24H20ClN3O4S/c1-14-19-22(33-20(14)21(29)27-17-9-4-3-5-10-17)26-13-28(23(19)30)15(2)24(31)32-12-16-8-6-7-11-18(16)25/h3-11,13,15H,12H2,1-2H3,(H,27,29)/t15-/m0/s1. The molecule has 0 radical (unpaired) electrons. The molecule has 0 aliphatic heterocycles. The van der Waals surface area contributed by atoms with Gasteiger partial charge in [-0.05, 0) is 37.6 Å². The number of ether oxygens (including phenoxy) is 1. The molecule has 0 saturated heterocycles. The maximum absolute atomic E-state index is 13.2. The molecule has 0 spiro atoms. The van der Waals surface area contributed by atoms with E-state index in [0.717, 1.165) is 11.3 Å². The van der Waals surface area contributed by atoms with Crippen LogP contribution in [-0.4, -0.2) is 21.4 Å². The minimum absolute atomic E-state index is 0.00540. The summed E-state index contributed by atoms with van der Waals surface area (Å²) in [6, 6.07) is 15.2. The van der Waals surface area contributed by atoms with Gasteiger partial charge in [-0.25, -0.2) is 9.78 Å². The summed E-state index contributed by atoms with van der Waals surface area (Å²) < 4.78 is 6.58. The molecule has 2 heterocycles. The lowest BCUT2D eigenvalue weighted by molar-refractivity contribution is -0.148. The highest BCUT2D eigenvalue weighted by Crippen LogP contribution is 2.28. The molecule has 7 nitrogen and oxygen atoms in total. The summed E-state index contributed by atoms with van der Waals surface area (Å²) in [5, 5.41) is 3.63. The SMILES string of the molecule is Cc1c(C(=O)Nc2ccccc2)sc2ncn([C@@H](C)C(=O)OCc3ccccc3Cl)c(=O)c12. The highest BCUT2D eigenvalue weighted by Gasteiger charge is 2.24. The van der Waals surface area contributed by atoms with Crippen molar-refractivity contribution in [2.75, 3.05) is 5.32 Å². The number of fused-ring (bicyclic) bond motifs is 1. The number of aromatic nitrogens is 2. The summed E-state index contributed by atoms with van der Waals surface area (Å²) in [7, 11) is 0. The maximum Gasteiger partial charge on any atom is 0.329 e. The van der Waals surface area contributed by atoms with E-state index in [9.17, 15) is 14.4 Å². The van der Waals surface area contributed by atoms with Crippen molar-refractivity contribution in [1.29, 1.82) is 0 Å². The van der Waals surface area contributed by atoms with E-state index in [1.807, 2.05) is 18.2 Å². The van der Waals surface area contributed by atoms with Gasteiger partial charge >= 0.3 is 5.97 Å². The van der Waals surface area contributed by atoms with Crippen molar-refractivity contribution >= 4 is 50.7 Å². The number of carbonyl (C=O) groups is 2. The van der Waals surface area contributed by atoms with Crippen molar-refractivity contribution in [3.8, 4) is 0 Å². The summed E-state index contributed by atoms with van der Waals surface area (Å²) >= 11 is 7.24. The third kappa shape index (κ3) is 4.67. The third-order valence-corrected chi connectivity index (χ3v) is 6.77. The molecule has 0 unspecified atom stereocenters. The van der Waals surface area contributed by atoms with Gasteiger partial charge in [-0.2, -0.15) is 0 Å². The fraction of sp³-hybridized carbons (Fsp3) is 0.167. The van der Waals surface area contributed by atoms with Crippen molar-refractivity contribution < 1.29 is 14.3 Å². The van der Waals surface area contributed by atoms with Gasteiger partial charge in [0.25, 0.3) is 11.5 Å². The molecule has 0 saturated carbocycles. The Hall–Kier alpha value is -3.49. The topological polar surface area (TPSA) is 90.3 Å². The Morgan fingerprint density at radius 3 is 2.58 bits per heavy atom. The molecule has 9 heteroatoms. The van der Waals surface area contributed by atoms with Crippen LogP contribution >= 0.6 is 22.9 Å². The van der Waals surface area contributed by atoms with Crippen molar-refractivity contribution in [3.63, 3.8) is 0 Å². The molecule has 0 aliphatic carbocycles. The quantitative estimate of drug-likeness (QED) is 0.392. The first-order valence-corrected chi connectivity index (χ1v) is 11.3. The van der Waals surface area contributed by atoms with Crippen LogP contribution in [0.5, 0.6) is 0 Å². The summed E-state index contributed by atoms with van der Waals surface area (Å²) in [5.41, 5.74) is 1.43. The number of halogens is 1. The minimum atomic E-state index is -0.905. The van der Waals surface area contributed by atoms with Crippen LogP contribution in [0, 0.1) is 6.92 Å². The lowest BCUT2D eigenvalue weighted by Gasteiger charge is -2.14. The number of nitrogens with one attached hydrogen (secondary N) is 1. The molecular weight excluding hydrogens is 462 g/mol. The van der Waals surface area contributed by atoms with Crippen molar-refractivity contribution in [3.05, 3.63) is 92.3 Å². The molecule has 0 bridgehead atoms. The van der Waals surface area contributed by atoms with E-state index in [4.69, 9.17) is 16.3 Å². The smallest absolute Gasteiger partial charge is 0.329 e. The van der Waals surface area contributed by atoms with E-state index in [2.05, 4.69) is 10.3 Å². The highest BCUT2D eigenvalue weighted by molar-refractivity contribution is 7.20. The number of hydrogen-bond donors (Lipinski definition) is 1. The second-order valence-electron chi connectivity index (χ2n) is 7.39. The van der Waals surface area contributed by atoms with E-state index in [0.29, 0.717) is 36.9 Å². The van der Waals surface area contributed by atoms with Gasteiger partial charge in [0.05, 0.1) is 16.6 Å². The van der Waals surface area contributed by atoms with Gasteiger partial charge in [0.2, 0.25) is 0 Å². The molecule has 2 aromatic carbocycles. The minimum Gasteiger partial charge on any atom is -0.459 e. The first-order valence-electron chi connectivity index (χ1n) is 10.1. The number of esters is 1. The first-order chi connectivity index (χ1) is 15.9. The predicted octanol–water partition coefficient (Wildman–Crippen LogP) is 4.98. The molecule has 4 aromatic rings. The van der Waals surface area contributed by atoms with Gasteiger partial charge in [-0.1, -0.05) is 48.0 Å². The van der Waals surface area contributed by atoms with Gasteiger partial charge in [0.15, 0.2) is 0 Å². The average Bonchev–Trinajstić information content (AvgIpc) is 3.16. The van der Waals surface area contributed by atoms with Crippen molar-refractivity contribution in [2.24, 2.45) is 0 Å². The molecule has 4 rings (SSSR count). The normalized spacial score (nSPS) is 11.8. The summed E-state index contributed by atoms with van der Waals surface area (Å²) in [6.45, 7) is 3.26. The number of amides is 1.